The van der Waals surface area contributed by atoms with Crippen LogP contribution in [0.5, 0.6) is 0 Å². The van der Waals surface area contributed by atoms with Crippen molar-refractivity contribution in [1.82, 2.24) is 0 Å². The van der Waals surface area contributed by atoms with Gasteiger partial charge >= 0.3 is 0 Å². The van der Waals surface area contributed by atoms with Crippen LogP contribution in [0.15, 0.2) is 24.3 Å². The summed E-state index contributed by atoms with van der Waals surface area (Å²) in [5.41, 5.74) is 0. The molecular formula is C10H20OSi. The minimum Gasteiger partial charge on any atom is -0.412 e. The molecule has 12 heavy (non-hydrogen) atoms. The lowest BCUT2D eigenvalue weighted by molar-refractivity contribution is 0.263. The van der Waals surface area contributed by atoms with Gasteiger partial charge in [0.1, 0.15) is 0 Å². The van der Waals surface area contributed by atoms with E-state index in [4.69, 9.17) is 4.43 Å². The molecular weight excluding hydrogens is 164 g/mol. The molecule has 0 bridgehead atoms. The maximum Gasteiger partial charge on any atom is 0.184 e. The Morgan fingerprint density at radius 2 is 1.75 bits per heavy atom. The van der Waals surface area contributed by atoms with E-state index < -0.39 is 8.32 Å². The molecule has 0 aliphatic heterocycles. The molecule has 0 radical (unpaired) electrons. The predicted octanol–water partition coefficient (Wildman–Crippen LogP) is 3.36. The SMILES string of the molecule is C/C=C/C=C/C(C)O[Si](C)(C)C. The van der Waals surface area contributed by atoms with E-state index in [1.54, 1.807) is 0 Å². The zero-order chi connectivity index (χ0) is 9.61. The van der Waals surface area contributed by atoms with Gasteiger partial charge < -0.3 is 4.43 Å². The molecule has 0 aliphatic rings. The van der Waals surface area contributed by atoms with Crippen LogP contribution in [0.4, 0.5) is 0 Å². The summed E-state index contributed by atoms with van der Waals surface area (Å²) < 4.78 is 5.80. The topological polar surface area (TPSA) is 9.23 Å². The van der Waals surface area contributed by atoms with Crippen molar-refractivity contribution in [3.8, 4) is 0 Å². The molecule has 0 aromatic heterocycles. The fourth-order valence-electron chi connectivity index (χ4n) is 0.929. The molecule has 0 aromatic carbocycles. The van der Waals surface area contributed by atoms with E-state index in [1.807, 2.05) is 25.2 Å². The van der Waals surface area contributed by atoms with Gasteiger partial charge in [-0.3, -0.25) is 0 Å². The lowest BCUT2D eigenvalue weighted by atomic mass is 10.3. The Bertz CT molecular complexity index is 165. The summed E-state index contributed by atoms with van der Waals surface area (Å²) in [5, 5.41) is 0. The van der Waals surface area contributed by atoms with Gasteiger partial charge in [-0.25, -0.2) is 0 Å². The van der Waals surface area contributed by atoms with Crippen molar-refractivity contribution in [3.05, 3.63) is 24.3 Å². The van der Waals surface area contributed by atoms with Gasteiger partial charge in [0, 0.05) is 0 Å². The van der Waals surface area contributed by atoms with E-state index in [-0.39, 0.29) is 6.10 Å². The largest absolute Gasteiger partial charge is 0.412 e. The molecule has 0 aromatic rings. The summed E-state index contributed by atoms with van der Waals surface area (Å²) in [7, 11) is -1.36. The zero-order valence-corrected chi connectivity index (χ0v) is 9.79. The van der Waals surface area contributed by atoms with Crippen LogP contribution in [-0.4, -0.2) is 14.4 Å². The van der Waals surface area contributed by atoms with Crippen molar-refractivity contribution < 1.29 is 4.43 Å². The van der Waals surface area contributed by atoms with Gasteiger partial charge in [0.25, 0.3) is 0 Å². The summed E-state index contributed by atoms with van der Waals surface area (Å²) in [6.45, 7) is 10.7. The van der Waals surface area contributed by atoms with Crippen molar-refractivity contribution in [2.24, 2.45) is 0 Å². The predicted molar refractivity (Wildman–Crippen MR) is 57.8 cm³/mol. The molecule has 1 nitrogen and oxygen atoms in total. The van der Waals surface area contributed by atoms with E-state index in [0.29, 0.717) is 0 Å². The Labute approximate surface area is 77.3 Å². The zero-order valence-electron chi connectivity index (χ0n) is 8.79. The van der Waals surface area contributed by atoms with Crippen LogP contribution >= 0.6 is 0 Å². The van der Waals surface area contributed by atoms with E-state index >= 15 is 0 Å². The summed E-state index contributed by atoms with van der Waals surface area (Å²) in [6, 6.07) is 0. The van der Waals surface area contributed by atoms with Gasteiger partial charge in [-0.15, -0.1) is 0 Å². The van der Waals surface area contributed by atoms with Crippen LogP contribution in [-0.2, 0) is 4.43 Å². The number of rotatable bonds is 4. The van der Waals surface area contributed by atoms with E-state index in [2.05, 4.69) is 32.6 Å². The van der Waals surface area contributed by atoms with Crippen LogP contribution in [0.1, 0.15) is 13.8 Å². The first-order chi connectivity index (χ1) is 5.45. The molecule has 0 saturated heterocycles. The normalized spacial score (nSPS) is 16.1. The van der Waals surface area contributed by atoms with Gasteiger partial charge in [0.05, 0.1) is 6.10 Å². The van der Waals surface area contributed by atoms with Gasteiger partial charge in [-0.05, 0) is 33.5 Å². The van der Waals surface area contributed by atoms with E-state index in [9.17, 15) is 0 Å². The highest BCUT2D eigenvalue weighted by Crippen LogP contribution is 2.07. The smallest absolute Gasteiger partial charge is 0.184 e. The van der Waals surface area contributed by atoms with Crippen LogP contribution < -0.4 is 0 Å². The number of hydrogen-bond acceptors (Lipinski definition) is 1. The summed E-state index contributed by atoms with van der Waals surface area (Å²) in [5.74, 6) is 0. The average molecular weight is 184 g/mol. The van der Waals surface area contributed by atoms with Gasteiger partial charge in [-0.1, -0.05) is 24.3 Å². The average Bonchev–Trinajstić information content (AvgIpc) is 1.84. The standard InChI is InChI=1S/C10H20OSi/c1-6-7-8-9-10(2)11-12(3,4)5/h6-10H,1-5H3/b7-6+,9-8+. The van der Waals surface area contributed by atoms with Crippen LogP contribution in [0, 0.1) is 0 Å². The third-order valence-electron chi connectivity index (χ3n) is 1.23. The Morgan fingerprint density at radius 3 is 2.17 bits per heavy atom. The molecule has 70 valence electrons. The lowest BCUT2D eigenvalue weighted by Crippen LogP contribution is -2.29. The molecule has 0 amide bonds. The Balaban J connectivity index is 3.81. The molecule has 0 saturated carbocycles. The second-order valence-electron chi connectivity index (χ2n) is 3.85. The summed E-state index contributed by atoms with van der Waals surface area (Å²) in [4.78, 5) is 0. The van der Waals surface area contributed by atoms with E-state index in [0.717, 1.165) is 0 Å². The molecule has 1 atom stereocenters. The minimum atomic E-state index is -1.36. The highest BCUT2D eigenvalue weighted by Gasteiger charge is 2.16. The second-order valence-corrected chi connectivity index (χ2v) is 8.31. The number of allylic oxidation sites excluding steroid dienone is 3. The van der Waals surface area contributed by atoms with E-state index in [1.165, 1.54) is 0 Å². The molecule has 0 spiro atoms. The van der Waals surface area contributed by atoms with Crippen LogP contribution in [0.3, 0.4) is 0 Å². The molecule has 0 fully saturated rings. The Morgan fingerprint density at radius 1 is 1.17 bits per heavy atom. The molecule has 2 heteroatoms. The molecule has 0 aliphatic carbocycles. The maximum atomic E-state index is 5.80. The first-order valence-corrected chi connectivity index (χ1v) is 7.84. The second kappa shape index (κ2) is 5.33. The third-order valence-corrected chi connectivity index (χ3v) is 2.30. The van der Waals surface area contributed by atoms with Gasteiger partial charge in [-0.2, -0.15) is 0 Å². The van der Waals surface area contributed by atoms with Crippen LogP contribution in [0.25, 0.3) is 0 Å². The first-order valence-electron chi connectivity index (χ1n) is 4.43. The fraction of sp³-hybridized carbons (Fsp3) is 0.600. The van der Waals surface area contributed by atoms with Crippen molar-refractivity contribution in [1.29, 1.82) is 0 Å². The first kappa shape index (κ1) is 11.7. The fourth-order valence-corrected chi connectivity index (χ4v) is 2.12. The summed E-state index contributed by atoms with van der Waals surface area (Å²) in [6.07, 6.45) is 8.39. The van der Waals surface area contributed by atoms with Crippen LogP contribution in [0.2, 0.25) is 19.6 Å². The maximum absolute atomic E-state index is 5.80. The Hall–Kier alpha value is -0.343. The Kier molecular flexibility index (Phi) is 5.18. The van der Waals surface area contributed by atoms with Crippen molar-refractivity contribution in [2.75, 3.05) is 0 Å². The summed E-state index contributed by atoms with van der Waals surface area (Å²) >= 11 is 0. The molecule has 0 rings (SSSR count). The quantitative estimate of drug-likeness (QED) is 0.481. The molecule has 0 heterocycles. The lowest BCUT2D eigenvalue weighted by Gasteiger charge is -2.20. The van der Waals surface area contributed by atoms with Gasteiger partial charge in [0.15, 0.2) is 8.32 Å². The van der Waals surface area contributed by atoms with Gasteiger partial charge in [0.2, 0.25) is 0 Å². The number of hydrogen-bond donors (Lipinski definition) is 0. The monoisotopic (exact) mass is 184 g/mol. The molecule has 1 unspecified atom stereocenters. The molecule has 0 N–H and O–H groups in total. The highest BCUT2D eigenvalue weighted by molar-refractivity contribution is 6.69. The third kappa shape index (κ3) is 7.76. The highest BCUT2D eigenvalue weighted by atomic mass is 28.4. The van der Waals surface area contributed by atoms with Crippen molar-refractivity contribution in [3.63, 3.8) is 0 Å². The van der Waals surface area contributed by atoms with Crippen molar-refractivity contribution in [2.45, 2.75) is 39.6 Å². The minimum absolute atomic E-state index is 0.243. The van der Waals surface area contributed by atoms with Crippen molar-refractivity contribution >= 4 is 8.32 Å².